The van der Waals surface area contributed by atoms with Crippen molar-refractivity contribution in [2.24, 2.45) is 0 Å². The summed E-state index contributed by atoms with van der Waals surface area (Å²) in [7, 11) is -3.51. The Morgan fingerprint density at radius 3 is 2.81 bits per heavy atom. The van der Waals surface area contributed by atoms with Crippen LogP contribution in [0, 0.1) is 0 Å². The van der Waals surface area contributed by atoms with Gasteiger partial charge >= 0.3 is 0 Å². The first-order valence-electron chi connectivity index (χ1n) is 5.25. The summed E-state index contributed by atoms with van der Waals surface area (Å²) in [6.07, 6.45) is 2.57. The first kappa shape index (κ1) is 11.6. The van der Waals surface area contributed by atoms with Crippen molar-refractivity contribution < 1.29 is 13.5 Å². The van der Waals surface area contributed by atoms with Gasteiger partial charge in [0, 0.05) is 12.5 Å². The molecule has 1 heterocycles. The summed E-state index contributed by atoms with van der Waals surface area (Å²) in [5, 5.41) is 9.16. The molecule has 7 heteroatoms. The molecule has 1 aromatic heterocycles. The number of nitrogens with zero attached hydrogens (tertiary/aromatic N) is 1. The van der Waals surface area contributed by atoms with Crippen molar-refractivity contribution in [2.45, 2.75) is 43.4 Å². The summed E-state index contributed by atoms with van der Waals surface area (Å²) in [5.41, 5.74) is 0. The molecule has 0 amide bonds. The summed E-state index contributed by atoms with van der Waals surface area (Å²) in [5.74, 6) is 0.647. The molecule has 3 N–H and O–H groups in total. The van der Waals surface area contributed by atoms with E-state index < -0.39 is 10.0 Å². The van der Waals surface area contributed by atoms with Crippen LogP contribution >= 0.6 is 0 Å². The van der Waals surface area contributed by atoms with Gasteiger partial charge in [0.25, 0.3) is 10.0 Å². The normalized spacial score (nSPS) is 25.4. The third-order valence-electron chi connectivity index (χ3n) is 2.66. The number of H-pyrrole nitrogens is 1. The molecule has 0 atom stereocenters. The van der Waals surface area contributed by atoms with Gasteiger partial charge in [0.1, 0.15) is 5.82 Å². The molecule has 1 saturated carbocycles. The molecule has 6 nitrogen and oxygen atoms in total. The topological polar surface area (TPSA) is 95.1 Å². The number of nitrogens with one attached hydrogen (secondary N) is 2. The van der Waals surface area contributed by atoms with Gasteiger partial charge < -0.3 is 10.1 Å². The molecular formula is C9H15N3O3S. The third-order valence-corrected chi connectivity index (χ3v) is 4.09. The number of hydrogen-bond acceptors (Lipinski definition) is 4. The molecular weight excluding hydrogens is 230 g/mol. The fourth-order valence-electron chi connectivity index (χ4n) is 1.63. The van der Waals surface area contributed by atoms with Crippen LogP contribution in [0.3, 0.4) is 0 Å². The van der Waals surface area contributed by atoms with Crippen LogP contribution in [0.1, 0.15) is 25.6 Å². The largest absolute Gasteiger partial charge is 0.393 e. The van der Waals surface area contributed by atoms with E-state index in [2.05, 4.69) is 14.7 Å². The summed E-state index contributed by atoms with van der Waals surface area (Å²) < 4.78 is 26.1. The Hall–Kier alpha value is -0.920. The average molecular weight is 245 g/mol. The molecule has 0 aromatic carbocycles. The van der Waals surface area contributed by atoms with E-state index in [4.69, 9.17) is 5.11 Å². The lowest BCUT2D eigenvalue weighted by Gasteiger charge is -2.31. The van der Waals surface area contributed by atoms with Crippen LogP contribution in [-0.4, -0.2) is 35.6 Å². The molecule has 0 saturated heterocycles. The van der Waals surface area contributed by atoms with Gasteiger partial charge in [0.15, 0.2) is 5.03 Å². The monoisotopic (exact) mass is 245 g/mol. The number of aromatic amines is 1. The SMILES string of the molecule is CCc1ncc(S(=O)(=O)NC2CC(O)C2)[nH]1. The minimum atomic E-state index is -3.51. The predicted octanol–water partition coefficient (Wildman–Crippen LogP) is -0.226. The molecule has 0 spiro atoms. The van der Waals surface area contributed by atoms with Crippen molar-refractivity contribution in [1.82, 2.24) is 14.7 Å². The van der Waals surface area contributed by atoms with Gasteiger partial charge in [-0.05, 0) is 12.8 Å². The Balaban J connectivity index is 2.06. The minimum absolute atomic E-state index is 0.0886. The molecule has 0 bridgehead atoms. The number of imidazole rings is 1. The zero-order chi connectivity index (χ0) is 11.8. The van der Waals surface area contributed by atoms with Crippen molar-refractivity contribution in [3.63, 3.8) is 0 Å². The smallest absolute Gasteiger partial charge is 0.257 e. The Kier molecular flexibility index (Phi) is 3.00. The van der Waals surface area contributed by atoms with Gasteiger partial charge in [-0.15, -0.1) is 0 Å². The summed E-state index contributed by atoms with van der Waals surface area (Å²) in [6.45, 7) is 1.89. The van der Waals surface area contributed by atoms with Crippen molar-refractivity contribution in [3.05, 3.63) is 12.0 Å². The minimum Gasteiger partial charge on any atom is -0.393 e. The quantitative estimate of drug-likeness (QED) is 0.683. The van der Waals surface area contributed by atoms with Crippen LogP contribution in [0.5, 0.6) is 0 Å². The number of hydrogen-bond donors (Lipinski definition) is 3. The second kappa shape index (κ2) is 4.15. The summed E-state index contributed by atoms with van der Waals surface area (Å²) in [4.78, 5) is 6.69. The molecule has 1 aliphatic carbocycles. The fraction of sp³-hybridized carbons (Fsp3) is 0.667. The maximum Gasteiger partial charge on any atom is 0.257 e. The first-order chi connectivity index (χ1) is 7.51. The van der Waals surface area contributed by atoms with E-state index in [-0.39, 0.29) is 17.2 Å². The zero-order valence-electron chi connectivity index (χ0n) is 8.97. The number of sulfonamides is 1. The highest BCUT2D eigenvalue weighted by molar-refractivity contribution is 7.89. The highest BCUT2D eigenvalue weighted by atomic mass is 32.2. The predicted molar refractivity (Wildman–Crippen MR) is 57.3 cm³/mol. The van der Waals surface area contributed by atoms with Gasteiger partial charge in [0.2, 0.25) is 0 Å². The molecule has 0 unspecified atom stereocenters. The molecule has 1 aliphatic rings. The highest BCUT2D eigenvalue weighted by Gasteiger charge is 2.31. The van der Waals surface area contributed by atoms with Crippen molar-refractivity contribution in [2.75, 3.05) is 0 Å². The van der Waals surface area contributed by atoms with Crippen LogP contribution in [0.2, 0.25) is 0 Å². The first-order valence-corrected chi connectivity index (χ1v) is 6.74. The van der Waals surface area contributed by atoms with Gasteiger partial charge in [-0.25, -0.2) is 18.1 Å². The third kappa shape index (κ3) is 2.26. The van der Waals surface area contributed by atoms with Crippen LogP contribution in [0.25, 0.3) is 0 Å². The van der Waals surface area contributed by atoms with E-state index in [1.165, 1.54) is 6.20 Å². The fourth-order valence-corrected chi connectivity index (χ4v) is 2.83. The molecule has 16 heavy (non-hydrogen) atoms. The van der Waals surface area contributed by atoms with E-state index in [1.807, 2.05) is 6.92 Å². The van der Waals surface area contributed by atoms with Crippen molar-refractivity contribution in [1.29, 1.82) is 0 Å². The highest BCUT2D eigenvalue weighted by Crippen LogP contribution is 2.21. The Bertz CT molecular complexity index is 462. The number of aliphatic hydroxyl groups excluding tert-OH is 1. The van der Waals surface area contributed by atoms with Crippen molar-refractivity contribution >= 4 is 10.0 Å². The molecule has 1 fully saturated rings. The van der Waals surface area contributed by atoms with Crippen LogP contribution < -0.4 is 4.72 Å². The number of aliphatic hydroxyl groups is 1. The molecule has 0 aliphatic heterocycles. The molecule has 2 rings (SSSR count). The van der Waals surface area contributed by atoms with Crippen LogP contribution in [0.15, 0.2) is 11.2 Å². The van der Waals surface area contributed by atoms with Gasteiger partial charge in [-0.1, -0.05) is 6.92 Å². The second-order valence-electron chi connectivity index (χ2n) is 3.99. The Labute approximate surface area is 94.1 Å². The van der Waals surface area contributed by atoms with Crippen molar-refractivity contribution in [3.8, 4) is 0 Å². The summed E-state index contributed by atoms with van der Waals surface area (Å²) >= 11 is 0. The number of aryl methyl sites for hydroxylation is 1. The lowest BCUT2D eigenvalue weighted by molar-refractivity contribution is 0.0712. The zero-order valence-corrected chi connectivity index (χ0v) is 9.79. The molecule has 1 aromatic rings. The summed E-state index contributed by atoms with van der Waals surface area (Å²) in [6, 6.07) is -0.159. The van der Waals surface area contributed by atoms with Crippen LogP contribution in [0.4, 0.5) is 0 Å². The van der Waals surface area contributed by atoms with Gasteiger partial charge in [-0.3, -0.25) is 0 Å². The number of aromatic nitrogens is 2. The average Bonchev–Trinajstić information content (AvgIpc) is 2.63. The van der Waals surface area contributed by atoms with Gasteiger partial charge in [-0.2, -0.15) is 0 Å². The lowest BCUT2D eigenvalue weighted by Crippen LogP contribution is -2.46. The molecule has 0 radical (unpaired) electrons. The Morgan fingerprint density at radius 1 is 1.62 bits per heavy atom. The van der Waals surface area contributed by atoms with Gasteiger partial charge in [0.05, 0.1) is 12.3 Å². The maximum absolute atomic E-state index is 11.8. The van der Waals surface area contributed by atoms with E-state index >= 15 is 0 Å². The van der Waals surface area contributed by atoms with E-state index in [0.717, 1.165) is 0 Å². The van der Waals surface area contributed by atoms with Crippen LogP contribution in [-0.2, 0) is 16.4 Å². The van der Waals surface area contributed by atoms with E-state index in [1.54, 1.807) is 0 Å². The molecule has 90 valence electrons. The van der Waals surface area contributed by atoms with E-state index in [0.29, 0.717) is 25.1 Å². The standard InChI is InChI=1S/C9H15N3O3S/c1-2-8-10-5-9(11-8)16(14,15)12-6-3-7(13)4-6/h5-7,12-13H,2-4H2,1H3,(H,10,11). The second-order valence-corrected chi connectivity index (χ2v) is 5.67. The number of rotatable bonds is 4. The Morgan fingerprint density at radius 2 is 2.31 bits per heavy atom. The lowest BCUT2D eigenvalue weighted by atomic mass is 9.91. The maximum atomic E-state index is 11.8. The van der Waals surface area contributed by atoms with E-state index in [9.17, 15) is 8.42 Å².